The van der Waals surface area contributed by atoms with Crippen LogP contribution in [0.1, 0.15) is 32.3 Å². The number of carbonyl (C=O) groups excluding carboxylic acids is 2. The number of para-hydroxylation sites is 1. The van der Waals surface area contributed by atoms with Crippen molar-refractivity contribution < 1.29 is 18.0 Å². The Morgan fingerprint density at radius 1 is 0.947 bits per heavy atom. The van der Waals surface area contributed by atoms with Gasteiger partial charge in [0.05, 0.1) is 15.6 Å². The van der Waals surface area contributed by atoms with E-state index in [4.69, 9.17) is 23.2 Å². The number of benzene rings is 3. The first-order valence-corrected chi connectivity index (χ1v) is 14.5. The zero-order valence-electron chi connectivity index (χ0n) is 21.3. The summed E-state index contributed by atoms with van der Waals surface area (Å²) in [4.78, 5) is 28.2. The number of sulfonamides is 1. The number of hydrogen-bond donors (Lipinski definition) is 1. The maximum absolute atomic E-state index is 13.8. The van der Waals surface area contributed by atoms with Crippen molar-refractivity contribution in [3.05, 3.63) is 94.5 Å². The molecular weight excluding hydrogens is 545 g/mol. The van der Waals surface area contributed by atoms with Crippen LogP contribution in [0.3, 0.4) is 0 Å². The second kappa shape index (κ2) is 13.6. The fraction of sp³-hybridized carbons (Fsp3) is 0.286. The number of unbranched alkanes of at least 4 members (excludes halogenated alkanes) is 1. The van der Waals surface area contributed by atoms with Gasteiger partial charge in [0.25, 0.3) is 10.0 Å². The molecule has 202 valence electrons. The molecule has 3 aromatic carbocycles. The standard InChI is InChI=1S/C28H31Cl2N3O4S/c1-3-4-17-31-28(35)21(2)32(19-22-11-10-12-23(29)18-22)27(34)20-33(26-16-9-8-15-25(26)30)38(36,37)24-13-6-5-7-14-24/h5-16,18,21H,3-4,17,19-20H2,1-2H3,(H,31,35). The Kier molecular flexibility index (Phi) is 10.6. The van der Waals surface area contributed by atoms with Gasteiger partial charge in [0.2, 0.25) is 11.8 Å². The topological polar surface area (TPSA) is 86.8 Å². The summed E-state index contributed by atoms with van der Waals surface area (Å²) in [6.45, 7) is 3.61. The van der Waals surface area contributed by atoms with Gasteiger partial charge in [-0.2, -0.15) is 0 Å². The van der Waals surface area contributed by atoms with Crippen molar-refractivity contribution >= 4 is 50.7 Å². The predicted molar refractivity (Wildman–Crippen MR) is 152 cm³/mol. The molecule has 3 aromatic rings. The maximum Gasteiger partial charge on any atom is 0.264 e. The number of nitrogens with one attached hydrogen (secondary N) is 1. The van der Waals surface area contributed by atoms with Gasteiger partial charge >= 0.3 is 0 Å². The Bertz CT molecular complexity index is 1350. The number of hydrogen-bond acceptors (Lipinski definition) is 4. The van der Waals surface area contributed by atoms with E-state index >= 15 is 0 Å². The van der Waals surface area contributed by atoms with E-state index < -0.39 is 28.5 Å². The monoisotopic (exact) mass is 575 g/mol. The highest BCUT2D eigenvalue weighted by atomic mass is 35.5. The van der Waals surface area contributed by atoms with E-state index in [-0.39, 0.29) is 28.1 Å². The highest BCUT2D eigenvalue weighted by Gasteiger charge is 2.33. The molecule has 10 heteroatoms. The molecule has 0 aromatic heterocycles. The highest BCUT2D eigenvalue weighted by Crippen LogP contribution is 2.30. The fourth-order valence-electron chi connectivity index (χ4n) is 3.84. The number of rotatable bonds is 12. The zero-order chi connectivity index (χ0) is 27.7. The Balaban J connectivity index is 2.00. The molecule has 1 N–H and O–H groups in total. The summed E-state index contributed by atoms with van der Waals surface area (Å²) >= 11 is 12.6. The minimum Gasteiger partial charge on any atom is -0.354 e. The minimum atomic E-state index is -4.17. The van der Waals surface area contributed by atoms with E-state index in [2.05, 4.69) is 5.32 Å². The van der Waals surface area contributed by atoms with Crippen LogP contribution in [0.4, 0.5) is 5.69 Å². The smallest absolute Gasteiger partial charge is 0.264 e. The third-order valence-electron chi connectivity index (χ3n) is 5.97. The van der Waals surface area contributed by atoms with E-state index in [1.807, 2.05) is 6.92 Å². The zero-order valence-corrected chi connectivity index (χ0v) is 23.6. The Morgan fingerprint density at radius 3 is 2.29 bits per heavy atom. The van der Waals surface area contributed by atoms with Gasteiger partial charge in [-0.1, -0.05) is 79.0 Å². The van der Waals surface area contributed by atoms with Crippen LogP contribution < -0.4 is 9.62 Å². The van der Waals surface area contributed by atoms with E-state index in [9.17, 15) is 18.0 Å². The van der Waals surface area contributed by atoms with Crippen LogP contribution in [0.2, 0.25) is 10.0 Å². The van der Waals surface area contributed by atoms with Gasteiger partial charge in [-0.05, 0) is 55.3 Å². The molecule has 2 amide bonds. The lowest BCUT2D eigenvalue weighted by Gasteiger charge is -2.32. The molecule has 0 spiro atoms. The lowest BCUT2D eigenvalue weighted by Crippen LogP contribution is -2.51. The van der Waals surface area contributed by atoms with Crippen LogP contribution in [0.25, 0.3) is 0 Å². The highest BCUT2D eigenvalue weighted by molar-refractivity contribution is 7.92. The second-order valence-electron chi connectivity index (χ2n) is 8.75. The van der Waals surface area contributed by atoms with Crippen molar-refractivity contribution in [1.82, 2.24) is 10.2 Å². The van der Waals surface area contributed by atoms with Crippen LogP contribution in [0, 0.1) is 0 Å². The summed E-state index contributed by atoms with van der Waals surface area (Å²) in [5.41, 5.74) is 0.864. The third-order valence-corrected chi connectivity index (χ3v) is 8.30. The summed E-state index contributed by atoms with van der Waals surface area (Å²) in [5, 5.41) is 3.51. The molecule has 0 aliphatic carbocycles. The molecule has 0 bridgehead atoms. The first kappa shape index (κ1) is 29.5. The van der Waals surface area contributed by atoms with Crippen LogP contribution in [0.15, 0.2) is 83.8 Å². The van der Waals surface area contributed by atoms with Crippen molar-refractivity contribution in [3.63, 3.8) is 0 Å². The maximum atomic E-state index is 13.8. The first-order valence-electron chi connectivity index (χ1n) is 12.3. The minimum absolute atomic E-state index is 0.0134. The molecule has 0 saturated carbocycles. The van der Waals surface area contributed by atoms with E-state index in [0.29, 0.717) is 17.1 Å². The average Bonchev–Trinajstić information content (AvgIpc) is 2.91. The number of anilines is 1. The van der Waals surface area contributed by atoms with Crippen molar-refractivity contribution in [2.75, 3.05) is 17.4 Å². The Hall–Kier alpha value is -3.07. The molecule has 1 atom stereocenters. The van der Waals surface area contributed by atoms with Gasteiger partial charge in [0, 0.05) is 18.1 Å². The van der Waals surface area contributed by atoms with Crippen molar-refractivity contribution in [3.8, 4) is 0 Å². The van der Waals surface area contributed by atoms with E-state index in [1.54, 1.807) is 67.6 Å². The van der Waals surface area contributed by atoms with E-state index in [1.165, 1.54) is 23.1 Å². The third kappa shape index (κ3) is 7.49. The SMILES string of the molecule is CCCCNC(=O)C(C)N(Cc1cccc(Cl)c1)C(=O)CN(c1ccccc1Cl)S(=O)(=O)c1ccccc1. The fourth-order valence-corrected chi connectivity index (χ4v) is 5.79. The van der Waals surface area contributed by atoms with Gasteiger partial charge in [0.15, 0.2) is 0 Å². The molecule has 0 radical (unpaired) electrons. The number of halogens is 2. The van der Waals surface area contributed by atoms with Crippen LogP contribution in [-0.2, 0) is 26.2 Å². The summed E-state index contributed by atoms with van der Waals surface area (Å²) < 4.78 is 28.4. The van der Waals surface area contributed by atoms with Gasteiger partial charge in [-0.25, -0.2) is 8.42 Å². The summed E-state index contributed by atoms with van der Waals surface area (Å²) in [6, 6.07) is 20.3. The average molecular weight is 577 g/mol. The lowest BCUT2D eigenvalue weighted by molar-refractivity contribution is -0.139. The normalized spacial score (nSPS) is 12.0. The van der Waals surface area contributed by atoms with Crippen LogP contribution >= 0.6 is 23.2 Å². The van der Waals surface area contributed by atoms with Crippen molar-refractivity contribution in [2.24, 2.45) is 0 Å². The van der Waals surface area contributed by atoms with Gasteiger partial charge in [0.1, 0.15) is 12.6 Å². The molecule has 7 nitrogen and oxygen atoms in total. The van der Waals surface area contributed by atoms with Crippen molar-refractivity contribution in [2.45, 2.75) is 44.2 Å². The lowest BCUT2D eigenvalue weighted by atomic mass is 10.1. The predicted octanol–water partition coefficient (Wildman–Crippen LogP) is 5.52. The Labute approximate surface area is 234 Å². The quantitative estimate of drug-likeness (QED) is 0.288. The van der Waals surface area contributed by atoms with Gasteiger partial charge in [-0.15, -0.1) is 0 Å². The van der Waals surface area contributed by atoms with E-state index in [0.717, 1.165) is 17.1 Å². The summed E-state index contributed by atoms with van der Waals surface area (Å²) in [6.07, 6.45) is 1.71. The number of amides is 2. The molecule has 0 saturated heterocycles. The number of carbonyl (C=O) groups is 2. The molecule has 0 fully saturated rings. The molecule has 3 rings (SSSR count). The molecule has 0 aliphatic heterocycles. The molecule has 0 aliphatic rings. The molecule has 1 unspecified atom stereocenters. The Morgan fingerprint density at radius 2 is 1.63 bits per heavy atom. The van der Waals surface area contributed by atoms with Crippen LogP contribution in [0.5, 0.6) is 0 Å². The first-order chi connectivity index (χ1) is 18.1. The van der Waals surface area contributed by atoms with Crippen molar-refractivity contribution in [1.29, 1.82) is 0 Å². The van der Waals surface area contributed by atoms with Gasteiger partial charge < -0.3 is 10.2 Å². The van der Waals surface area contributed by atoms with Gasteiger partial charge in [-0.3, -0.25) is 13.9 Å². The summed E-state index contributed by atoms with van der Waals surface area (Å²) in [5.74, 6) is -0.897. The van der Waals surface area contributed by atoms with Crippen LogP contribution in [-0.4, -0.2) is 44.3 Å². The molecular formula is C28H31Cl2N3O4S. The number of nitrogens with zero attached hydrogens (tertiary/aromatic N) is 2. The molecule has 38 heavy (non-hydrogen) atoms. The second-order valence-corrected chi connectivity index (χ2v) is 11.5. The molecule has 0 heterocycles. The summed E-state index contributed by atoms with van der Waals surface area (Å²) in [7, 11) is -4.17. The largest absolute Gasteiger partial charge is 0.354 e.